The van der Waals surface area contributed by atoms with Gasteiger partial charge in [0.1, 0.15) is 12.1 Å². The van der Waals surface area contributed by atoms with Crippen molar-refractivity contribution in [3.05, 3.63) is 59.8 Å². The van der Waals surface area contributed by atoms with E-state index >= 15 is 0 Å². The standard InChI is InChI=1S/C33H41N3O9/c1-19(2)29-32(40)36(26(18-34(29)21(5)37)24-16-27(42-7)31(44-9)28(17-24)43-8)35(22(6)38)25(15-23-13-11-10-12-14-23)30(39)33(41)45-20(3)4/h10-14,16-20,25,29H,15H2,1-9H3/t25-,29?/m0/s1. The van der Waals surface area contributed by atoms with Crippen LogP contribution in [0.4, 0.5) is 0 Å². The van der Waals surface area contributed by atoms with Crippen molar-refractivity contribution >= 4 is 35.2 Å². The van der Waals surface area contributed by atoms with E-state index in [-0.39, 0.29) is 29.4 Å². The summed E-state index contributed by atoms with van der Waals surface area (Å²) in [7, 11) is 4.29. The lowest BCUT2D eigenvalue weighted by Crippen LogP contribution is -2.64. The molecule has 12 nitrogen and oxygen atoms in total. The molecule has 1 unspecified atom stereocenters. The molecule has 2 atom stereocenters. The van der Waals surface area contributed by atoms with Crippen molar-refractivity contribution in [2.45, 2.75) is 66.2 Å². The van der Waals surface area contributed by atoms with Crippen LogP contribution in [0.25, 0.3) is 5.70 Å². The third-order valence-electron chi connectivity index (χ3n) is 7.16. The Morgan fingerprint density at radius 1 is 0.889 bits per heavy atom. The number of ether oxygens (including phenoxy) is 4. The normalized spacial score (nSPS) is 15.4. The number of ketones is 1. The summed E-state index contributed by atoms with van der Waals surface area (Å²) in [6.07, 6.45) is 0.730. The van der Waals surface area contributed by atoms with Crippen LogP contribution >= 0.6 is 0 Å². The zero-order valence-electron chi connectivity index (χ0n) is 27.2. The highest BCUT2D eigenvalue weighted by Gasteiger charge is 2.47. The summed E-state index contributed by atoms with van der Waals surface area (Å²) in [6, 6.07) is 9.39. The molecule has 0 N–H and O–H groups in total. The van der Waals surface area contributed by atoms with E-state index in [1.807, 2.05) is 0 Å². The van der Waals surface area contributed by atoms with Crippen LogP contribution in [0.5, 0.6) is 17.2 Å². The molecule has 0 aromatic heterocycles. The van der Waals surface area contributed by atoms with Crippen LogP contribution in [0.1, 0.15) is 52.7 Å². The molecular formula is C33H41N3O9. The number of carbonyl (C=O) groups is 5. The number of benzene rings is 2. The molecule has 3 amide bonds. The molecule has 1 aliphatic rings. The zero-order valence-corrected chi connectivity index (χ0v) is 27.2. The Hall–Kier alpha value is -4.87. The Kier molecular flexibility index (Phi) is 11.3. The summed E-state index contributed by atoms with van der Waals surface area (Å²) in [5.74, 6) is -3.58. The average molecular weight is 624 g/mol. The minimum Gasteiger partial charge on any atom is -0.493 e. The lowest BCUT2D eigenvalue weighted by Gasteiger charge is -2.46. The lowest BCUT2D eigenvalue weighted by atomic mass is 9.96. The number of esters is 1. The van der Waals surface area contributed by atoms with E-state index in [0.29, 0.717) is 11.1 Å². The number of Topliss-reactive ketones (excluding diaryl/α,β-unsaturated/α-hetero) is 1. The summed E-state index contributed by atoms with van der Waals surface area (Å²) >= 11 is 0. The molecule has 0 saturated heterocycles. The maximum atomic E-state index is 14.6. The number of rotatable bonds is 12. The fourth-order valence-corrected chi connectivity index (χ4v) is 5.21. The van der Waals surface area contributed by atoms with Crippen LogP contribution in [0.2, 0.25) is 0 Å². The molecule has 0 fully saturated rings. The molecule has 1 heterocycles. The summed E-state index contributed by atoms with van der Waals surface area (Å²) in [4.78, 5) is 69.3. The molecule has 0 spiro atoms. The van der Waals surface area contributed by atoms with E-state index in [4.69, 9.17) is 18.9 Å². The van der Waals surface area contributed by atoms with Gasteiger partial charge in [-0.05, 0) is 37.5 Å². The van der Waals surface area contributed by atoms with E-state index in [1.54, 1.807) is 70.2 Å². The highest BCUT2D eigenvalue weighted by Crippen LogP contribution is 2.42. The van der Waals surface area contributed by atoms with E-state index in [9.17, 15) is 24.0 Å². The maximum absolute atomic E-state index is 14.6. The Morgan fingerprint density at radius 2 is 1.47 bits per heavy atom. The van der Waals surface area contributed by atoms with Gasteiger partial charge in [-0.15, -0.1) is 0 Å². The van der Waals surface area contributed by atoms with E-state index in [0.717, 1.165) is 10.0 Å². The third-order valence-corrected chi connectivity index (χ3v) is 7.16. The molecule has 2 aromatic carbocycles. The van der Waals surface area contributed by atoms with Gasteiger partial charge in [0.2, 0.25) is 17.6 Å². The molecule has 0 aliphatic carbocycles. The van der Waals surface area contributed by atoms with Crippen LogP contribution in [0.3, 0.4) is 0 Å². The average Bonchev–Trinajstić information content (AvgIpc) is 2.99. The Morgan fingerprint density at radius 3 is 1.91 bits per heavy atom. The van der Waals surface area contributed by atoms with Gasteiger partial charge < -0.3 is 23.8 Å². The molecule has 0 radical (unpaired) electrons. The van der Waals surface area contributed by atoms with Gasteiger partial charge in [-0.2, -0.15) is 0 Å². The molecular weight excluding hydrogens is 582 g/mol. The molecule has 12 heteroatoms. The van der Waals surface area contributed by atoms with Crippen LogP contribution in [0, 0.1) is 5.92 Å². The molecule has 3 rings (SSSR count). The third kappa shape index (κ3) is 7.44. The predicted molar refractivity (Wildman–Crippen MR) is 165 cm³/mol. The highest BCUT2D eigenvalue weighted by molar-refractivity contribution is 6.36. The Labute approximate surface area is 263 Å². The number of hydrogen-bond donors (Lipinski definition) is 0. The first-order valence-corrected chi connectivity index (χ1v) is 14.5. The van der Waals surface area contributed by atoms with Crippen molar-refractivity contribution in [3.8, 4) is 17.2 Å². The second-order valence-electron chi connectivity index (χ2n) is 11.1. The summed E-state index contributed by atoms with van der Waals surface area (Å²) in [5.41, 5.74) is 0.992. The van der Waals surface area contributed by atoms with Crippen LogP contribution in [-0.2, 0) is 35.1 Å². The SMILES string of the molecule is COc1cc(C2=CN(C(C)=O)C(C(C)C)C(=O)N2N(C(C)=O)[C@@H](Cc2ccccc2)C(=O)C(=O)OC(C)C)cc(OC)c1OC. The largest absolute Gasteiger partial charge is 0.493 e. The van der Waals surface area contributed by atoms with E-state index < -0.39 is 53.6 Å². The number of methoxy groups -OCH3 is 3. The van der Waals surface area contributed by atoms with Crippen molar-refractivity contribution in [2.75, 3.05) is 21.3 Å². The van der Waals surface area contributed by atoms with Gasteiger partial charge in [-0.3, -0.25) is 19.2 Å². The van der Waals surface area contributed by atoms with Gasteiger partial charge in [0.15, 0.2) is 11.5 Å². The maximum Gasteiger partial charge on any atom is 0.377 e. The van der Waals surface area contributed by atoms with Crippen LogP contribution in [0.15, 0.2) is 48.7 Å². The minimum absolute atomic E-state index is 0.0599. The number of nitrogens with zero attached hydrogens (tertiary/aromatic N) is 3. The van der Waals surface area contributed by atoms with E-state index in [2.05, 4.69) is 0 Å². The van der Waals surface area contributed by atoms with Crippen molar-refractivity contribution in [3.63, 3.8) is 0 Å². The summed E-state index contributed by atoms with van der Waals surface area (Å²) in [5, 5.41) is 2.04. The number of amides is 3. The lowest BCUT2D eigenvalue weighted by molar-refractivity contribution is -0.172. The van der Waals surface area contributed by atoms with E-state index in [1.165, 1.54) is 46.3 Å². The number of carbonyl (C=O) groups excluding carboxylic acids is 5. The van der Waals surface area contributed by atoms with Gasteiger partial charge in [-0.1, -0.05) is 44.2 Å². The highest BCUT2D eigenvalue weighted by atomic mass is 16.5. The molecule has 1 aliphatic heterocycles. The molecule has 45 heavy (non-hydrogen) atoms. The monoisotopic (exact) mass is 623 g/mol. The zero-order chi connectivity index (χ0) is 33.6. The second-order valence-corrected chi connectivity index (χ2v) is 11.1. The first kappa shape index (κ1) is 34.6. The first-order valence-electron chi connectivity index (χ1n) is 14.5. The summed E-state index contributed by atoms with van der Waals surface area (Å²) in [6.45, 7) is 9.25. The van der Waals surface area contributed by atoms with Crippen molar-refractivity contribution in [2.24, 2.45) is 5.92 Å². The van der Waals surface area contributed by atoms with Crippen molar-refractivity contribution in [1.82, 2.24) is 14.9 Å². The van der Waals surface area contributed by atoms with Gasteiger partial charge in [-0.25, -0.2) is 14.8 Å². The first-order chi connectivity index (χ1) is 21.3. The predicted octanol–water partition coefficient (Wildman–Crippen LogP) is 3.62. The quantitative estimate of drug-likeness (QED) is 0.257. The van der Waals surface area contributed by atoms with Crippen LogP contribution < -0.4 is 14.2 Å². The van der Waals surface area contributed by atoms with Gasteiger partial charge >= 0.3 is 5.97 Å². The number of hydrazine groups is 1. The second kappa shape index (κ2) is 14.7. The molecule has 2 aromatic rings. The molecule has 242 valence electrons. The smallest absolute Gasteiger partial charge is 0.377 e. The fourth-order valence-electron chi connectivity index (χ4n) is 5.21. The Bertz CT molecular complexity index is 1440. The molecule has 0 bridgehead atoms. The van der Waals surface area contributed by atoms with Crippen molar-refractivity contribution in [1.29, 1.82) is 0 Å². The van der Waals surface area contributed by atoms with Gasteiger partial charge in [0.05, 0.1) is 33.1 Å². The summed E-state index contributed by atoms with van der Waals surface area (Å²) < 4.78 is 21.8. The minimum atomic E-state index is -1.48. The van der Waals surface area contributed by atoms with Crippen molar-refractivity contribution < 1.29 is 42.9 Å². The topological polar surface area (TPSA) is 132 Å². The fraction of sp³-hybridized carbons (Fsp3) is 0.424. The van der Waals surface area contributed by atoms with Gasteiger partial charge in [0.25, 0.3) is 11.7 Å². The Balaban J connectivity index is 2.38. The number of hydrogen-bond acceptors (Lipinski definition) is 9. The van der Waals surface area contributed by atoms with Crippen LogP contribution in [-0.4, -0.2) is 83.9 Å². The van der Waals surface area contributed by atoms with Gasteiger partial charge in [0, 0.05) is 32.0 Å². The molecule has 0 saturated carbocycles.